The lowest BCUT2D eigenvalue weighted by Gasteiger charge is -2.31. The van der Waals surface area contributed by atoms with Gasteiger partial charge in [0, 0.05) is 24.8 Å². The molecule has 1 heterocycles. The normalized spacial score (nSPS) is 31.6. The third-order valence-electron chi connectivity index (χ3n) is 4.54. The van der Waals surface area contributed by atoms with Gasteiger partial charge in [-0.25, -0.2) is 0 Å². The SMILES string of the molecule is CC1=C(N2CCN(C3C=CC=CC3C)C2)C=CCC1. The van der Waals surface area contributed by atoms with Gasteiger partial charge in [0.15, 0.2) is 0 Å². The van der Waals surface area contributed by atoms with E-state index in [4.69, 9.17) is 0 Å². The van der Waals surface area contributed by atoms with Crippen molar-refractivity contribution >= 4 is 0 Å². The van der Waals surface area contributed by atoms with Crippen LogP contribution in [0.1, 0.15) is 26.7 Å². The molecule has 0 bridgehead atoms. The topological polar surface area (TPSA) is 6.48 Å². The van der Waals surface area contributed by atoms with Gasteiger partial charge in [0.1, 0.15) is 0 Å². The molecule has 0 amide bonds. The van der Waals surface area contributed by atoms with Crippen molar-refractivity contribution in [2.45, 2.75) is 32.7 Å². The molecular formula is C17H24N2. The van der Waals surface area contributed by atoms with E-state index in [2.05, 4.69) is 60.1 Å². The van der Waals surface area contributed by atoms with Crippen molar-refractivity contribution in [1.82, 2.24) is 9.80 Å². The van der Waals surface area contributed by atoms with E-state index in [1.807, 2.05) is 0 Å². The van der Waals surface area contributed by atoms with Gasteiger partial charge < -0.3 is 4.90 Å². The fourth-order valence-corrected chi connectivity index (χ4v) is 3.35. The molecule has 0 aromatic carbocycles. The van der Waals surface area contributed by atoms with Gasteiger partial charge in [-0.1, -0.05) is 37.3 Å². The van der Waals surface area contributed by atoms with Gasteiger partial charge in [0.25, 0.3) is 0 Å². The summed E-state index contributed by atoms with van der Waals surface area (Å²) in [5.74, 6) is 0.627. The number of allylic oxidation sites excluding steroid dienone is 5. The molecule has 3 rings (SSSR count). The third kappa shape index (κ3) is 2.55. The summed E-state index contributed by atoms with van der Waals surface area (Å²) in [6, 6.07) is 0.573. The summed E-state index contributed by atoms with van der Waals surface area (Å²) in [5, 5.41) is 0. The predicted octanol–water partition coefficient (Wildman–Crippen LogP) is 3.32. The highest BCUT2D eigenvalue weighted by molar-refractivity contribution is 5.28. The number of hydrogen-bond donors (Lipinski definition) is 0. The average molecular weight is 256 g/mol. The molecule has 2 heteroatoms. The summed E-state index contributed by atoms with van der Waals surface area (Å²) in [6.45, 7) is 8.02. The number of hydrogen-bond acceptors (Lipinski definition) is 2. The van der Waals surface area contributed by atoms with Crippen LogP contribution in [0.25, 0.3) is 0 Å². The van der Waals surface area contributed by atoms with Gasteiger partial charge in [-0.05, 0) is 37.3 Å². The average Bonchev–Trinajstić information content (AvgIpc) is 2.89. The highest BCUT2D eigenvalue weighted by atomic mass is 15.4. The molecule has 0 aromatic rings. The summed E-state index contributed by atoms with van der Waals surface area (Å²) < 4.78 is 0. The van der Waals surface area contributed by atoms with Crippen LogP contribution in [0, 0.1) is 5.92 Å². The molecule has 2 nitrogen and oxygen atoms in total. The molecule has 3 aliphatic rings. The summed E-state index contributed by atoms with van der Waals surface area (Å²) >= 11 is 0. The lowest BCUT2D eigenvalue weighted by molar-refractivity contribution is 0.212. The maximum atomic E-state index is 2.60. The Morgan fingerprint density at radius 1 is 1.16 bits per heavy atom. The molecule has 0 radical (unpaired) electrons. The minimum Gasteiger partial charge on any atom is -0.357 e. The van der Waals surface area contributed by atoms with Crippen molar-refractivity contribution in [3.8, 4) is 0 Å². The maximum Gasteiger partial charge on any atom is 0.0713 e. The van der Waals surface area contributed by atoms with Crippen LogP contribution in [0.2, 0.25) is 0 Å². The first-order valence-corrected chi connectivity index (χ1v) is 7.46. The maximum absolute atomic E-state index is 2.60. The van der Waals surface area contributed by atoms with Crippen LogP contribution in [0.3, 0.4) is 0 Å². The van der Waals surface area contributed by atoms with Gasteiger partial charge in [-0.15, -0.1) is 0 Å². The first-order chi connectivity index (χ1) is 9.25. The summed E-state index contributed by atoms with van der Waals surface area (Å²) in [7, 11) is 0. The highest BCUT2D eigenvalue weighted by Gasteiger charge is 2.29. The van der Waals surface area contributed by atoms with E-state index in [0.29, 0.717) is 12.0 Å². The predicted molar refractivity (Wildman–Crippen MR) is 80.6 cm³/mol. The quantitative estimate of drug-likeness (QED) is 0.748. The molecule has 0 aromatic heterocycles. The molecular weight excluding hydrogens is 232 g/mol. The second-order valence-electron chi connectivity index (χ2n) is 5.94. The minimum atomic E-state index is 0.573. The first-order valence-electron chi connectivity index (χ1n) is 7.46. The van der Waals surface area contributed by atoms with E-state index in [0.717, 1.165) is 13.2 Å². The minimum absolute atomic E-state index is 0.573. The first kappa shape index (κ1) is 12.7. The monoisotopic (exact) mass is 256 g/mol. The molecule has 0 saturated carbocycles. The highest BCUT2D eigenvalue weighted by Crippen LogP contribution is 2.27. The van der Waals surface area contributed by atoms with Crippen LogP contribution < -0.4 is 0 Å². The molecule has 1 aliphatic heterocycles. The van der Waals surface area contributed by atoms with E-state index in [1.165, 1.54) is 25.1 Å². The molecule has 2 atom stereocenters. The third-order valence-corrected chi connectivity index (χ3v) is 4.54. The van der Waals surface area contributed by atoms with E-state index in [1.54, 1.807) is 5.57 Å². The summed E-state index contributed by atoms with van der Waals surface area (Å²) in [4.78, 5) is 5.15. The largest absolute Gasteiger partial charge is 0.357 e. The Balaban J connectivity index is 1.69. The van der Waals surface area contributed by atoms with Crippen molar-refractivity contribution in [3.05, 3.63) is 47.7 Å². The van der Waals surface area contributed by atoms with E-state index in [9.17, 15) is 0 Å². The Morgan fingerprint density at radius 2 is 2.00 bits per heavy atom. The van der Waals surface area contributed by atoms with Crippen LogP contribution in [-0.4, -0.2) is 35.6 Å². The fourth-order valence-electron chi connectivity index (χ4n) is 3.35. The van der Waals surface area contributed by atoms with Gasteiger partial charge in [0.05, 0.1) is 6.67 Å². The van der Waals surface area contributed by atoms with Crippen molar-refractivity contribution < 1.29 is 0 Å². The van der Waals surface area contributed by atoms with E-state index in [-0.39, 0.29) is 0 Å². The standard InChI is InChI=1S/C17H24N2/c1-14-7-3-5-9-16(14)18-11-12-19(13-18)17-10-6-4-8-15(17)2/h3,5-7,9-10,14,16H,4,8,11-13H2,1-2H3. The van der Waals surface area contributed by atoms with Crippen molar-refractivity contribution in [2.75, 3.05) is 19.8 Å². The Kier molecular flexibility index (Phi) is 3.61. The Bertz CT molecular complexity index is 456. The van der Waals surface area contributed by atoms with E-state index < -0.39 is 0 Å². The van der Waals surface area contributed by atoms with Gasteiger partial charge in [-0.2, -0.15) is 0 Å². The molecule has 102 valence electrons. The summed E-state index contributed by atoms with van der Waals surface area (Å²) in [5.41, 5.74) is 3.02. The fraction of sp³-hybridized carbons (Fsp3) is 0.529. The van der Waals surface area contributed by atoms with Crippen molar-refractivity contribution in [2.24, 2.45) is 5.92 Å². The second kappa shape index (κ2) is 5.38. The number of nitrogens with zero attached hydrogens (tertiary/aromatic N) is 2. The van der Waals surface area contributed by atoms with Crippen LogP contribution >= 0.6 is 0 Å². The van der Waals surface area contributed by atoms with Crippen molar-refractivity contribution in [1.29, 1.82) is 0 Å². The van der Waals surface area contributed by atoms with Gasteiger partial charge >= 0.3 is 0 Å². The van der Waals surface area contributed by atoms with Crippen LogP contribution in [-0.2, 0) is 0 Å². The molecule has 2 aliphatic carbocycles. The summed E-state index contributed by atoms with van der Waals surface area (Å²) in [6.07, 6.45) is 16.1. The Labute approximate surface area is 116 Å². The molecule has 0 spiro atoms. The van der Waals surface area contributed by atoms with Crippen LogP contribution in [0.5, 0.6) is 0 Å². The van der Waals surface area contributed by atoms with Gasteiger partial charge in [0.2, 0.25) is 0 Å². The Hall–Kier alpha value is -1.28. The van der Waals surface area contributed by atoms with Crippen LogP contribution in [0.4, 0.5) is 0 Å². The van der Waals surface area contributed by atoms with Crippen molar-refractivity contribution in [3.63, 3.8) is 0 Å². The molecule has 0 N–H and O–H groups in total. The van der Waals surface area contributed by atoms with Crippen LogP contribution in [0.15, 0.2) is 47.7 Å². The molecule has 19 heavy (non-hydrogen) atoms. The lowest BCUT2D eigenvalue weighted by atomic mass is 9.96. The smallest absolute Gasteiger partial charge is 0.0713 e. The molecule has 2 unspecified atom stereocenters. The zero-order chi connectivity index (χ0) is 13.2. The molecule has 1 fully saturated rings. The molecule has 1 saturated heterocycles. The second-order valence-corrected chi connectivity index (χ2v) is 5.94. The van der Waals surface area contributed by atoms with Gasteiger partial charge in [-0.3, -0.25) is 4.90 Å². The number of rotatable bonds is 2. The lowest BCUT2D eigenvalue weighted by Crippen LogP contribution is -2.38. The van der Waals surface area contributed by atoms with E-state index >= 15 is 0 Å². The Morgan fingerprint density at radius 3 is 2.79 bits per heavy atom. The zero-order valence-electron chi connectivity index (χ0n) is 12.0. The zero-order valence-corrected chi connectivity index (χ0v) is 12.0.